The third kappa shape index (κ3) is 7.22. The molecular weight excluding hydrogens is 418 g/mol. The molecule has 0 saturated heterocycles. The van der Waals surface area contributed by atoms with Gasteiger partial charge in [0.1, 0.15) is 30.0 Å². The lowest BCUT2D eigenvalue weighted by Gasteiger charge is -2.30. The third-order valence-corrected chi connectivity index (χ3v) is 5.55. The predicted octanol–water partition coefficient (Wildman–Crippen LogP) is 3.62. The number of rotatable bonds is 13. The first-order valence-electron chi connectivity index (χ1n) is 11.1. The quantitative estimate of drug-likeness (QED) is 0.368. The highest BCUT2D eigenvalue weighted by Crippen LogP contribution is 2.33. The van der Waals surface area contributed by atoms with Gasteiger partial charge in [-0.05, 0) is 53.9 Å². The molecule has 6 heteroatoms. The molecule has 0 spiro atoms. The molecule has 3 aromatic carbocycles. The molecule has 0 aromatic heterocycles. The lowest BCUT2D eigenvalue weighted by Crippen LogP contribution is -2.42. The SMILES string of the molecule is COc1cccc(C(c2cccc(OC)c2)C(CCO)NC[C@@H](O)COc2ccccc2)c1. The maximum atomic E-state index is 10.5. The van der Waals surface area contributed by atoms with Crippen LogP contribution in [-0.4, -0.2) is 56.3 Å². The van der Waals surface area contributed by atoms with Crippen LogP contribution in [0.3, 0.4) is 0 Å². The van der Waals surface area contributed by atoms with Crippen molar-refractivity contribution in [2.45, 2.75) is 24.5 Å². The number of para-hydroxylation sites is 1. The van der Waals surface area contributed by atoms with E-state index in [9.17, 15) is 10.2 Å². The largest absolute Gasteiger partial charge is 0.497 e. The van der Waals surface area contributed by atoms with E-state index in [0.717, 1.165) is 22.6 Å². The number of hydrogen-bond donors (Lipinski definition) is 3. The molecule has 3 rings (SSSR count). The summed E-state index contributed by atoms with van der Waals surface area (Å²) in [5, 5.41) is 23.8. The highest BCUT2D eigenvalue weighted by Gasteiger charge is 2.26. The van der Waals surface area contributed by atoms with Crippen LogP contribution in [-0.2, 0) is 0 Å². The Balaban J connectivity index is 1.80. The van der Waals surface area contributed by atoms with E-state index in [1.165, 1.54) is 0 Å². The molecule has 0 fully saturated rings. The Labute approximate surface area is 195 Å². The Bertz CT molecular complexity index is 918. The second kappa shape index (κ2) is 12.8. The van der Waals surface area contributed by atoms with Crippen LogP contribution in [0.1, 0.15) is 23.5 Å². The zero-order chi connectivity index (χ0) is 23.5. The first-order valence-corrected chi connectivity index (χ1v) is 11.1. The van der Waals surface area contributed by atoms with Crippen LogP contribution >= 0.6 is 0 Å². The summed E-state index contributed by atoms with van der Waals surface area (Å²) >= 11 is 0. The lowest BCUT2D eigenvalue weighted by atomic mass is 9.83. The summed E-state index contributed by atoms with van der Waals surface area (Å²) in [5.41, 5.74) is 2.09. The highest BCUT2D eigenvalue weighted by molar-refractivity contribution is 5.41. The Hall–Kier alpha value is -3.06. The molecule has 3 N–H and O–H groups in total. The molecule has 0 radical (unpaired) electrons. The maximum Gasteiger partial charge on any atom is 0.119 e. The van der Waals surface area contributed by atoms with Gasteiger partial charge in [0, 0.05) is 25.1 Å². The van der Waals surface area contributed by atoms with Crippen molar-refractivity contribution < 1.29 is 24.4 Å². The molecule has 33 heavy (non-hydrogen) atoms. The van der Waals surface area contributed by atoms with E-state index in [0.29, 0.717) is 18.7 Å². The number of benzene rings is 3. The highest BCUT2D eigenvalue weighted by atomic mass is 16.5. The van der Waals surface area contributed by atoms with Crippen LogP contribution in [0.15, 0.2) is 78.9 Å². The van der Waals surface area contributed by atoms with Gasteiger partial charge < -0.3 is 29.7 Å². The molecule has 0 bridgehead atoms. The smallest absolute Gasteiger partial charge is 0.119 e. The van der Waals surface area contributed by atoms with E-state index in [2.05, 4.69) is 5.32 Å². The van der Waals surface area contributed by atoms with Gasteiger partial charge in [0.05, 0.1) is 14.2 Å². The molecule has 0 amide bonds. The first kappa shape index (κ1) is 24.6. The van der Waals surface area contributed by atoms with Gasteiger partial charge in [-0.25, -0.2) is 0 Å². The number of nitrogens with one attached hydrogen (secondary N) is 1. The van der Waals surface area contributed by atoms with Crippen molar-refractivity contribution in [1.29, 1.82) is 0 Å². The van der Waals surface area contributed by atoms with Crippen molar-refractivity contribution in [2.75, 3.05) is 34.0 Å². The molecule has 0 aliphatic rings. The molecule has 0 heterocycles. The zero-order valence-corrected chi connectivity index (χ0v) is 19.2. The van der Waals surface area contributed by atoms with E-state index in [4.69, 9.17) is 14.2 Å². The number of ether oxygens (including phenoxy) is 3. The van der Waals surface area contributed by atoms with Crippen LogP contribution in [0.4, 0.5) is 0 Å². The summed E-state index contributed by atoms with van der Waals surface area (Å²) in [7, 11) is 3.29. The fourth-order valence-electron chi connectivity index (χ4n) is 3.91. The minimum atomic E-state index is -0.706. The maximum absolute atomic E-state index is 10.5. The zero-order valence-electron chi connectivity index (χ0n) is 19.2. The van der Waals surface area contributed by atoms with Crippen molar-refractivity contribution >= 4 is 0 Å². The molecule has 0 saturated carbocycles. The standard InChI is InChI=1S/C27H33NO5/c1-31-24-12-6-8-20(16-24)27(21-9-7-13-25(17-21)32-2)26(14-15-29)28-18-22(30)19-33-23-10-4-3-5-11-23/h3-13,16-17,22,26-30H,14-15,18-19H2,1-2H3/t22-,26?/m1/s1. The topological polar surface area (TPSA) is 80.2 Å². The van der Waals surface area contributed by atoms with Crippen LogP contribution in [0.5, 0.6) is 17.2 Å². The number of aliphatic hydroxyl groups is 2. The number of methoxy groups -OCH3 is 2. The van der Waals surface area contributed by atoms with Gasteiger partial charge in [-0.1, -0.05) is 42.5 Å². The van der Waals surface area contributed by atoms with Crippen molar-refractivity contribution in [2.24, 2.45) is 0 Å². The van der Waals surface area contributed by atoms with Crippen molar-refractivity contribution in [3.63, 3.8) is 0 Å². The van der Waals surface area contributed by atoms with E-state index < -0.39 is 6.10 Å². The summed E-state index contributed by atoms with van der Waals surface area (Å²) in [6.07, 6.45) is -0.201. The number of hydrogen-bond acceptors (Lipinski definition) is 6. The summed E-state index contributed by atoms with van der Waals surface area (Å²) in [6, 6.07) is 25.1. The normalized spacial score (nSPS) is 12.9. The fourth-order valence-corrected chi connectivity index (χ4v) is 3.91. The van der Waals surface area contributed by atoms with E-state index in [1.54, 1.807) is 14.2 Å². The van der Waals surface area contributed by atoms with Gasteiger partial charge >= 0.3 is 0 Å². The minimum Gasteiger partial charge on any atom is -0.497 e. The molecule has 6 nitrogen and oxygen atoms in total. The predicted molar refractivity (Wildman–Crippen MR) is 129 cm³/mol. The van der Waals surface area contributed by atoms with Crippen molar-refractivity contribution in [3.05, 3.63) is 90.0 Å². The summed E-state index contributed by atoms with van der Waals surface area (Å²) in [4.78, 5) is 0. The minimum absolute atomic E-state index is 0.0126. The molecule has 0 aliphatic carbocycles. The van der Waals surface area contributed by atoms with Crippen molar-refractivity contribution in [3.8, 4) is 17.2 Å². The number of aliphatic hydroxyl groups excluding tert-OH is 2. The van der Waals surface area contributed by atoms with Gasteiger partial charge in [-0.3, -0.25) is 0 Å². The Morgan fingerprint density at radius 1 is 0.788 bits per heavy atom. The summed E-state index contributed by atoms with van der Waals surface area (Å²) in [6.45, 7) is 0.506. The second-order valence-electron chi connectivity index (χ2n) is 7.84. The van der Waals surface area contributed by atoms with E-state index >= 15 is 0 Å². The van der Waals surface area contributed by atoms with E-state index in [1.807, 2.05) is 78.9 Å². The molecule has 3 aromatic rings. The average Bonchev–Trinajstić information content (AvgIpc) is 2.87. The Morgan fingerprint density at radius 3 is 1.91 bits per heavy atom. The van der Waals surface area contributed by atoms with Gasteiger partial charge in [0.2, 0.25) is 0 Å². The molecular formula is C27H33NO5. The molecule has 1 unspecified atom stereocenters. The first-order chi connectivity index (χ1) is 16.1. The van der Waals surface area contributed by atoms with Crippen LogP contribution in [0.25, 0.3) is 0 Å². The Kier molecular flexibility index (Phi) is 9.57. The third-order valence-electron chi connectivity index (χ3n) is 5.55. The molecule has 0 aliphatic heterocycles. The average molecular weight is 452 g/mol. The van der Waals surface area contributed by atoms with Gasteiger partial charge in [-0.2, -0.15) is 0 Å². The van der Waals surface area contributed by atoms with Crippen LogP contribution in [0.2, 0.25) is 0 Å². The lowest BCUT2D eigenvalue weighted by molar-refractivity contribution is 0.101. The van der Waals surface area contributed by atoms with Gasteiger partial charge in [-0.15, -0.1) is 0 Å². The van der Waals surface area contributed by atoms with Gasteiger partial charge in [0.25, 0.3) is 0 Å². The molecule has 176 valence electrons. The van der Waals surface area contributed by atoms with Crippen LogP contribution in [0, 0.1) is 0 Å². The molecule has 2 atom stereocenters. The van der Waals surface area contributed by atoms with Crippen molar-refractivity contribution in [1.82, 2.24) is 5.32 Å². The Morgan fingerprint density at radius 2 is 1.36 bits per heavy atom. The summed E-state index contributed by atoms with van der Waals surface area (Å²) in [5.74, 6) is 2.15. The van der Waals surface area contributed by atoms with Gasteiger partial charge in [0.15, 0.2) is 0 Å². The van der Waals surface area contributed by atoms with Crippen LogP contribution < -0.4 is 19.5 Å². The van der Waals surface area contributed by atoms with E-state index in [-0.39, 0.29) is 25.2 Å². The second-order valence-corrected chi connectivity index (χ2v) is 7.84. The monoisotopic (exact) mass is 451 g/mol. The summed E-state index contributed by atoms with van der Waals surface area (Å²) < 4.78 is 16.6. The fraction of sp³-hybridized carbons (Fsp3) is 0.333.